The molecule has 37 heavy (non-hydrogen) atoms. The molecule has 3 aromatic rings. The Labute approximate surface area is 212 Å². The highest BCUT2D eigenvalue weighted by Crippen LogP contribution is 2.39. The Morgan fingerprint density at radius 3 is 1.86 bits per heavy atom. The molecule has 0 aromatic heterocycles. The summed E-state index contributed by atoms with van der Waals surface area (Å²) in [6.45, 7) is 6.63. The molecule has 0 N–H and O–H groups in total. The van der Waals surface area contributed by atoms with E-state index in [-0.39, 0.29) is 18.1 Å². The summed E-state index contributed by atoms with van der Waals surface area (Å²) in [5.41, 5.74) is -2.10. The summed E-state index contributed by atoms with van der Waals surface area (Å²) in [7, 11) is 1.59. The van der Waals surface area contributed by atoms with E-state index < -0.39 is 29.0 Å². The number of benzene rings is 3. The number of methoxy groups -OCH3 is 1. The third-order valence-electron chi connectivity index (χ3n) is 6.76. The van der Waals surface area contributed by atoms with Crippen molar-refractivity contribution < 1.29 is 31.1 Å². The quantitative estimate of drug-likeness (QED) is 0.331. The maximum atomic E-state index is 13.5. The van der Waals surface area contributed by atoms with Gasteiger partial charge in [0.2, 0.25) is 0 Å². The Hall–Kier alpha value is -3.20. The van der Waals surface area contributed by atoms with Gasteiger partial charge < -0.3 is 9.64 Å². The van der Waals surface area contributed by atoms with Crippen LogP contribution in [0.15, 0.2) is 72.8 Å². The van der Waals surface area contributed by atoms with Crippen LogP contribution in [0.2, 0.25) is 0 Å². The van der Waals surface area contributed by atoms with E-state index in [0.717, 1.165) is 29.1 Å². The van der Waals surface area contributed by atoms with Crippen LogP contribution in [0.4, 0.5) is 32.0 Å². The number of anilines is 1. The average molecular weight is 522 g/mol. The first-order valence-electron chi connectivity index (χ1n) is 11.7. The lowest BCUT2D eigenvalue weighted by molar-refractivity contribution is -0.143. The molecule has 197 valence electrons. The zero-order valence-electron chi connectivity index (χ0n) is 20.2. The Bertz CT molecular complexity index is 1170. The first-order valence-corrected chi connectivity index (χ1v) is 11.7. The van der Waals surface area contributed by atoms with Gasteiger partial charge >= 0.3 is 12.4 Å². The van der Waals surface area contributed by atoms with E-state index in [1.54, 1.807) is 37.4 Å². The molecule has 1 atom stereocenters. The highest BCUT2D eigenvalue weighted by Gasteiger charge is 2.40. The van der Waals surface area contributed by atoms with E-state index in [4.69, 9.17) is 4.74 Å². The highest BCUT2D eigenvalue weighted by atomic mass is 19.4. The third-order valence-corrected chi connectivity index (χ3v) is 6.76. The van der Waals surface area contributed by atoms with Crippen molar-refractivity contribution in [1.82, 2.24) is 4.90 Å². The van der Waals surface area contributed by atoms with Crippen LogP contribution in [0.3, 0.4) is 0 Å². The summed E-state index contributed by atoms with van der Waals surface area (Å²) >= 11 is 0. The summed E-state index contributed by atoms with van der Waals surface area (Å²) in [6.07, 6.45) is -9.94. The van der Waals surface area contributed by atoms with Crippen molar-refractivity contribution in [1.29, 1.82) is 0 Å². The fourth-order valence-electron chi connectivity index (χ4n) is 4.80. The molecule has 1 heterocycles. The van der Waals surface area contributed by atoms with Gasteiger partial charge in [0.25, 0.3) is 0 Å². The summed E-state index contributed by atoms with van der Waals surface area (Å²) in [6, 6.07) is 18.4. The first-order chi connectivity index (χ1) is 17.4. The largest absolute Gasteiger partial charge is 0.497 e. The number of halogens is 6. The van der Waals surface area contributed by atoms with Crippen molar-refractivity contribution in [2.24, 2.45) is 0 Å². The number of nitrogens with zero attached hydrogens (tertiary/aromatic N) is 2. The predicted octanol–water partition coefficient (Wildman–Crippen LogP) is 6.83. The number of alkyl halides is 6. The molecule has 1 aliphatic rings. The normalized spacial score (nSPS) is 16.9. The molecule has 1 fully saturated rings. The average Bonchev–Trinajstić information content (AvgIpc) is 2.88. The molecule has 3 nitrogen and oxygen atoms in total. The number of rotatable bonds is 6. The van der Waals surface area contributed by atoms with E-state index >= 15 is 0 Å². The van der Waals surface area contributed by atoms with Crippen LogP contribution in [0, 0.1) is 6.92 Å². The van der Waals surface area contributed by atoms with Crippen LogP contribution in [-0.2, 0) is 24.3 Å². The van der Waals surface area contributed by atoms with E-state index in [0.29, 0.717) is 26.2 Å². The van der Waals surface area contributed by atoms with Crippen molar-refractivity contribution in [3.8, 4) is 5.75 Å². The standard InChI is InChI=1S/C28H27F6N2O/c1-26(21-7-4-3-5-8-21,19-20-15-22(27(29,30)31)17-23(16-20)28(32,33)34)36-13-11-35(12-14-36)24-9-6-10-25(18-24)37-2/h3-10,15-18H,1,11-14,19H2,2H3. The first kappa shape index (κ1) is 26.9. The van der Waals surface area contributed by atoms with E-state index in [1.807, 2.05) is 29.2 Å². The van der Waals surface area contributed by atoms with Crippen molar-refractivity contribution in [2.75, 3.05) is 38.2 Å². The molecule has 0 saturated carbocycles. The van der Waals surface area contributed by atoms with Crippen molar-refractivity contribution in [3.63, 3.8) is 0 Å². The molecule has 1 saturated heterocycles. The second kappa shape index (κ2) is 10.3. The predicted molar refractivity (Wildman–Crippen MR) is 130 cm³/mol. The lowest BCUT2D eigenvalue weighted by Crippen LogP contribution is -2.55. The molecule has 3 aromatic carbocycles. The van der Waals surface area contributed by atoms with E-state index in [9.17, 15) is 26.3 Å². The van der Waals surface area contributed by atoms with Gasteiger partial charge in [-0.15, -0.1) is 0 Å². The molecule has 0 amide bonds. The van der Waals surface area contributed by atoms with Crippen molar-refractivity contribution in [3.05, 3.63) is 102 Å². The zero-order valence-corrected chi connectivity index (χ0v) is 20.2. The molecule has 0 spiro atoms. The Kier molecular flexibility index (Phi) is 7.46. The molecule has 9 heteroatoms. The molecule has 1 radical (unpaired) electrons. The minimum absolute atomic E-state index is 0.0729. The smallest absolute Gasteiger partial charge is 0.416 e. The minimum atomic E-state index is -4.91. The number of ether oxygens (including phenoxy) is 1. The summed E-state index contributed by atoms with van der Waals surface area (Å²) in [5, 5.41) is 0. The van der Waals surface area contributed by atoms with E-state index in [1.165, 1.54) is 0 Å². The van der Waals surface area contributed by atoms with Crippen LogP contribution in [-0.4, -0.2) is 38.2 Å². The molecule has 1 unspecified atom stereocenters. The van der Waals surface area contributed by atoms with Gasteiger partial charge in [0, 0.05) is 37.9 Å². The maximum absolute atomic E-state index is 13.5. The third kappa shape index (κ3) is 6.04. The van der Waals surface area contributed by atoms with Gasteiger partial charge in [0.15, 0.2) is 0 Å². The van der Waals surface area contributed by atoms with Gasteiger partial charge in [-0.1, -0.05) is 36.4 Å². The maximum Gasteiger partial charge on any atom is 0.416 e. The summed E-state index contributed by atoms with van der Waals surface area (Å²) in [5.74, 6) is 0.723. The second-order valence-electron chi connectivity index (χ2n) is 9.16. The Morgan fingerprint density at radius 1 is 0.730 bits per heavy atom. The lowest BCUT2D eigenvalue weighted by atomic mass is 9.82. The molecule has 0 aliphatic carbocycles. The van der Waals surface area contributed by atoms with Crippen molar-refractivity contribution >= 4 is 5.69 Å². The monoisotopic (exact) mass is 521 g/mol. The zero-order chi connectivity index (χ0) is 26.8. The van der Waals surface area contributed by atoms with Gasteiger partial charge in [0.05, 0.1) is 23.8 Å². The van der Waals surface area contributed by atoms with Crippen LogP contribution >= 0.6 is 0 Å². The number of hydrogen-bond acceptors (Lipinski definition) is 3. The van der Waals surface area contributed by atoms with Gasteiger partial charge in [-0.3, -0.25) is 4.90 Å². The highest BCUT2D eigenvalue weighted by molar-refractivity contribution is 5.51. The molecular weight excluding hydrogens is 494 g/mol. The number of piperazine rings is 1. The topological polar surface area (TPSA) is 15.7 Å². The Balaban J connectivity index is 1.66. The molecule has 4 rings (SSSR count). The second-order valence-corrected chi connectivity index (χ2v) is 9.16. The fourth-order valence-corrected chi connectivity index (χ4v) is 4.80. The van der Waals surface area contributed by atoms with Crippen LogP contribution in [0.25, 0.3) is 0 Å². The molecule has 0 bridgehead atoms. The SMILES string of the molecule is [CH2]C(Cc1cc(C(F)(F)F)cc(C(F)(F)F)c1)(c1ccccc1)N1CCN(c2cccc(OC)c2)CC1. The molecule has 1 aliphatic heterocycles. The minimum Gasteiger partial charge on any atom is -0.497 e. The van der Waals surface area contributed by atoms with Crippen LogP contribution in [0.5, 0.6) is 5.75 Å². The van der Waals surface area contributed by atoms with Gasteiger partial charge in [-0.05, 0) is 54.8 Å². The van der Waals surface area contributed by atoms with Crippen LogP contribution < -0.4 is 9.64 Å². The number of hydrogen-bond donors (Lipinski definition) is 0. The Morgan fingerprint density at radius 2 is 1.32 bits per heavy atom. The van der Waals surface area contributed by atoms with Gasteiger partial charge in [0.1, 0.15) is 5.75 Å². The molecular formula is C28H27F6N2O. The van der Waals surface area contributed by atoms with Crippen molar-refractivity contribution in [2.45, 2.75) is 24.3 Å². The fraction of sp³-hybridized carbons (Fsp3) is 0.321. The van der Waals surface area contributed by atoms with Crippen LogP contribution in [0.1, 0.15) is 22.3 Å². The van der Waals surface area contributed by atoms with Gasteiger partial charge in [-0.2, -0.15) is 26.3 Å². The van der Waals surface area contributed by atoms with E-state index in [2.05, 4.69) is 11.8 Å². The summed E-state index contributed by atoms with van der Waals surface area (Å²) in [4.78, 5) is 4.20. The summed E-state index contributed by atoms with van der Waals surface area (Å²) < 4.78 is 86.3. The lowest BCUT2D eigenvalue weighted by Gasteiger charge is -2.47. The van der Waals surface area contributed by atoms with Gasteiger partial charge in [-0.25, -0.2) is 0 Å².